The van der Waals surface area contributed by atoms with E-state index >= 15 is 0 Å². The van der Waals surface area contributed by atoms with Crippen LogP contribution in [-0.2, 0) is 16.4 Å². The highest BCUT2D eigenvalue weighted by Crippen LogP contribution is 2.47. The second-order valence-corrected chi connectivity index (χ2v) is 8.17. The van der Waals surface area contributed by atoms with Crippen molar-refractivity contribution in [2.75, 3.05) is 0 Å². The minimum atomic E-state index is -4.37. The van der Waals surface area contributed by atoms with Gasteiger partial charge in [0.2, 0.25) is 5.91 Å². The van der Waals surface area contributed by atoms with Crippen molar-refractivity contribution in [1.82, 2.24) is 5.43 Å². The van der Waals surface area contributed by atoms with Crippen molar-refractivity contribution < 1.29 is 18.0 Å². The topological polar surface area (TPSA) is 41.5 Å². The molecule has 1 aliphatic carbocycles. The lowest BCUT2D eigenvalue weighted by atomic mass is 9.86. The normalized spacial score (nSPS) is 19.6. The van der Waals surface area contributed by atoms with Crippen molar-refractivity contribution in [3.8, 4) is 0 Å². The average Bonchev–Trinajstić information content (AvgIpc) is 3.41. The molecule has 0 aliphatic heterocycles. The minimum Gasteiger partial charge on any atom is -0.273 e. The minimum absolute atomic E-state index is 0.0892. The molecule has 0 radical (unpaired) electrons. The molecule has 1 saturated carbocycles. The number of rotatable bonds is 4. The van der Waals surface area contributed by atoms with Crippen LogP contribution in [0.25, 0.3) is 0 Å². The summed E-state index contributed by atoms with van der Waals surface area (Å²) < 4.78 is 37.6. The smallest absolute Gasteiger partial charge is 0.273 e. The maximum Gasteiger partial charge on any atom is 0.416 e. The maximum absolute atomic E-state index is 12.5. The zero-order chi connectivity index (χ0) is 20.5. The summed E-state index contributed by atoms with van der Waals surface area (Å²) in [4.78, 5) is 12.2. The number of benzene rings is 2. The van der Waals surface area contributed by atoms with Gasteiger partial charge >= 0.3 is 6.18 Å². The predicted molar refractivity (Wildman–Crippen MR) is 103 cm³/mol. The molecule has 1 N–H and O–H groups in total. The fourth-order valence-electron chi connectivity index (χ4n) is 3.09. The summed E-state index contributed by atoms with van der Waals surface area (Å²) in [5.74, 6) is -0.103. The van der Waals surface area contributed by atoms with Gasteiger partial charge in [0.05, 0.1) is 11.8 Å². The van der Waals surface area contributed by atoms with Crippen LogP contribution in [0, 0.1) is 5.92 Å². The number of amides is 1. The van der Waals surface area contributed by atoms with E-state index in [-0.39, 0.29) is 23.2 Å². The number of nitrogens with one attached hydrogen (secondary N) is 1. The molecule has 3 nitrogen and oxygen atoms in total. The van der Waals surface area contributed by atoms with Crippen LogP contribution in [0.3, 0.4) is 0 Å². The molecule has 0 spiro atoms. The van der Waals surface area contributed by atoms with Crippen LogP contribution in [0.15, 0.2) is 53.6 Å². The maximum atomic E-state index is 12.5. The summed E-state index contributed by atoms with van der Waals surface area (Å²) in [5, 5.41) is 3.86. The Hall–Kier alpha value is -2.63. The lowest BCUT2D eigenvalue weighted by molar-refractivity contribution is -0.137. The first kappa shape index (κ1) is 20.1. The molecule has 1 aliphatic rings. The fraction of sp³-hybridized carbons (Fsp3) is 0.364. The molecule has 0 aromatic heterocycles. The van der Waals surface area contributed by atoms with Gasteiger partial charge in [-0.3, -0.25) is 4.79 Å². The van der Waals surface area contributed by atoms with Crippen LogP contribution >= 0.6 is 0 Å². The summed E-state index contributed by atoms with van der Waals surface area (Å²) in [5.41, 5.74) is 4.73. The first-order valence-electron chi connectivity index (χ1n) is 9.16. The summed E-state index contributed by atoms with van der Waals surface area (Å²) in [6.07, 6.45) is -2.25. The molecule has 6 heteroatoms. The number of hydrogen-bond acceptors (Lipinski definition) is 2. The molecule has 0 saturated heterocycles. The predicted octanol–water partition coefficient (Wildman–Crippen LogP) is 5.26. The third-order valence-electron chi connectivity index (χ3n) is 4.96. The first-order valence-corrected chi connectivity index (χ1v) is 9.16. The van der Waals surface area contributed by atoms with E-state index in [1.54, 1.807) is 0 Å². The van der Waals surface area contributed by atoms with Crippen LogP contribution < -0.4 is 5.43 Å². The van der Waals surface area contributed by atoms with Crippen molar-refractivity contribution in [2.45, 2.75) is 44.7 Å². The van der Waals surface area contributed by atoms with Crippen molar-refractivity contribution in [3.63, 3.8) is 0 Å². The Kier molecular flexibility index (Phi) is 5.33. The van der Waals surface area contributed by atoms with Crippen LogP contribution in [0.1, 0.15) is 55.4 Å². The molecule has 148 valence electrons. The molecule has 2 atom stereocenters. The molecule has 2 aromatic rings. The second kappa shape index (κ2) is 7.41. The quantitative estimate of drug-likeness (QED) is 0.564. The van der Waals surface area contributed by atoms with Crippen molar-refractivity contribution >= 4 is 12.1 Å². The lowest BCUT2D eigenvalue weighted by Gasteiger charge is -2.19. The Morgan fingerprint density at radius 1 is 1.00 bits per heavy atom. The fourth-order valence-corrected chi connectivity index (χ4v) is 3.09. The lowest BCUT2D eigenvalue weighted by Crippen LogP contribution is -2.20. The average molecular weight is 388 g/mol. The number of hydrazone groups is 1. The monoisotopic (exact) mass is 388 g/mol. The number of hydrogen-bond donors (Lipinski definition) is 1. The van der Waals surface area contributed by atoms with Crippen LogP contribution in [0.2, 0.25) is 0 Å². The molecule has 0 heterocycles. The third-order valence-corrected chi connectivity index (χ3v) is 4.96. The van der Waals surface area contributed by atoms with Gasteiger partial charge in [-0.25, -0.2) is 5.43 Å². The highest BCUT2D eigenvalue weighted by atomic mass is 19.4. The largest absolute Gasteiger partial charge is 0.416 e. The van der Waals surface area contributed by atoms with Gasteiger partial charge in [-0.2, -0.15) is 18.3 Å². The Balaban J connectivity index is 1.53. The molecule has 0 bridgehead atoms. The van der Waals surface area contributed by atoms with Gasteiger partial charge in [0.1, 0.15) is 0 Å². The van der Waals surface area contributed by atoms with Crippen molar-refractivity contribution in [1.29, 1.82) is 0 Å². The van der Waals surface area contributed by atoms with E-state index in [0.29, 0.717) is 5.56 Å². The molecular formula is C22H23F3N2O. The van der Waals surface area contributed by atoms with E-state index in [2.05, 4.69) is 55.6 Å². The first-order chi connectivity index (χ1) is 13.1. The van der Waals surface area contributed by atoms with Crippen LogP contribution in [0.5, 0.6) is 0 Å². The molecule has 1 fully saturated rings. The van der Waals surface area contributed by atoms with Crippen LogP contribution in [0.4, 0.5) is 13.2 Å². The van der Waals surface area contributed by atoms with Gasteiger partial charge < -0.3 is 0 Å². The Bertz CT molecular complexity index is 863. The van der Waals surface area contributed by atoms with Gasteiger partial charge in [0.15, 0.2) is 0 Å². The standard InChI is InChI=1S/C22H23F3N2O/c1-21(2,3)16-10-6-15(7-11-16)18-12-19(18)20(28)27-26-13-14-4-8-17(9-5-14)22(23,24)25/h4-11,13,18-19H,12H2,1-3H3,(H,27,28)/t18-,19+/m0/s1. The third kappa shape index (κ3) is 4.80. The summed E-state index contributed by atoms with van der Waals surface area (Å²) >= 11 is 0. The molecule has 0 unspecified atom stereocenters. The zero-order valence-corrected chi connectivity index (χ0v) is 16.0. The Morgan fingerprint density at radius 2 is 1.57 bits per heavy atom. The SMILES string of the molecule is CC(C)(C)c1ccc([C@@H]2C[C@H]2C(=O)NN=Cc2ccc(C(F)(F)F)cc2)cc1. The van der Waals surface area contributed by atoms with Gasteiger partial charge in [-0.1, -0.05) is 57.2 Å². The number of alkyl halides is 3. The number of halogens is 3. The van der Waals surface area contributed by atoms with Gasteiger partial charge in [-0.15, -0.1) is 0 Å². The van der Waals surface area contributed by atoms with E-state index in [0.717, 1.165) is 24.1 Å². The summed E-state index contributed by atoms with van der Waals surface area (Å²) in [6, 6.07) is 13.0. The summed E-state index contributed by atoms with van der Waals surface area (Å²) in [7, 11) is 0. The second-order valence-electron chi connectivity index (χ2n) is 8.17. The van der Waals surface area contributed by atoms with E-state index in [9.17, 15) is 18.0 Å². The number of carbonyl (C=O) groups is 1. The van der Waals surface area contributed by atoms with E-state index in [1.807, 2.05) is 0 Å². The highest BCUT2D eigenvalue weighted by Gasteiger charge is 2.44. The number of nitrogens with zero attached hydrogens (tertiary/aromatic N) is 1. The Morgan fingerprint density at radius 3 is 2.11 bits per heavy atom. The van der Waals surface area contributed by atoms with Gasteiger partial charge in [0, 0.05) is 5.92 Å². The molecule has 28 heavy (non-hydrogen) atoms. The highest BCUT2D eigenvalue weighted by molar-refractivity contribution is 5.85. The molecule has 1 amide bonds. The van der Waals surface area contributed by atoms with Gasteiger partial charge in [-0.05, 0) is 46.6 Å². The number of carbonyl (C=O) groups excluding carboxylic acids is 1. The van der Waals surface area contributed by atoms with Gasteiger partial charge in [0.25, 0.3) is 0 Å². The van der Waals surface area contributed by atoms with E-state index in [1.165, 1.54) is 23.9 Å². The molecule has 2 aromatic carbocycles. The summed E-state index contributed by atoms with van der Waals surface area (Å²) in [6.45, 7) is 6.47. The van der Waals surface area contributed by atoms with Crippen molar-refractivity contribution in [3.05, 3.63) is 70.8 Å². The molecular weight excluding hydrogens is 365 g/mol. The Labute approximate surface area is 162 Å². The molecule has 3 rings (SSSR count). The van der Waals surface area contributed by atoms with Crippen LogP contribution in [-0.4, -0.2) is 12.1 Å². The zero-order valence-electron chi connectivity index (χ0n) is 16.0. The van der Waals surface area contributed by atoms with E-state index in [4.69, 9.17) is 0 Å². The van der Waals surface area contributed by atoms with Crippen molar-refractivity contribution in [2.24, 2.45) is 11.0 Å². The van der Waals surface area contributed by atoms with E-state index < -0.39 is 11.7 Å².